The second-order valence-electron chi connectivity index (χ2n) is 5.71. The lowest BCUT2D eigenvalue weighted by Crippen LogP contribution is -2.51. The maximum atomic E-state index is 13.3. The molecule has 5 heteroatoms. The number of rotatable bonds is 2. The first-order chi connectivity index (χ1) is 10.1. The number of nitrogens with zero attached hydrogens (tertiary/aromatic N) is 1. The van der Waals surface area contributed by atoms with Gasteiger partial charge in [-0.3, -0.25) is 4.79 Å². The van der Waals surface area contributed by atoms with Gasteiger partial charge in [0.25, 0.3) is 5.91 Å². The molecule has 1 amide bonds. The van der Waals surface area contributed by atoms with Gasteiger partial charge in [-0.1, -0.05) is 6.07 Å². The Morgan fingerprint density at radius 1 is 1.43 bits per heavy atom. The van der Waals surface area contributed by atoms with Gasteiger partial charge in [0.1, 0.15) is 5.82 Å². The molecule has 0 saturated carbocycles. The third-order valence-electron chi connectivity index (χ3n) is 4.11. The van der Waals surface area contributed by atoms with Crippen molar-refractivity contribution in [3.05, 3.63) is 35.0 Å². The van der Waals surface area contributed by atoms with E-state index in [9.17, 15) is 9.18 Å². The van der Waals surface area contributed by atoms with Gasteiger partial charge in [0.2, 0.25) is 0 Å². The van der Waals surface area contributed by atoms with Crippen LogP contribution in [0.4, 0.5) is 4.39 Å². The zero-order valence-corrected chi connectivity index (χ0v) is 12.8. The van der Waals surface area contributed by atoms with E-state index < -0.39 is 0 Å². The molecule has 21 heavy (non-hydrogen) atoms. The number of piperidine rings is 1. The zero-order chi connectivity index (χ0) is 15.0. The molecule has 0 aliphatic carbocycles. The van der Waals surface area contributed by atoms with Gasteiger partial charge in [-0.2, -0.15) is 0 Å². The second kappa shape index (κ2) is 5.73. The predicted octanol–water partition coefficient (Wildman–Crippen LogP) is 3.38. The van der Waals surface area contributed by atoms with Crippen molar-refractivity contribution in [1.82, 2.24) is 4.90 Å². The summed E-state index contributed by atoms with van der Waals surface area (Å²) in [6, 6.07) is 6.56. The fourth-order valence-corrected chi connectivity index (χ4v) is 4.05. The van der Waals surface area contributed by atoms with Crippen molar-refractivity contribution >= 4 is 27.3 Å². The Morgan fingerprint density at radius 2 is 2.24 bits per heavy atom. The third-order valence-corrected chi connectivity index (χ3v) is 5.20. The first-order valence-corrected chi connectivity index (χ1v) is 8.13. The van der Waals surface area contributed by atoms with Crippen molar-refractivity contribution in [2.75, 3.05) is 6.54 Å². The molecule has 2 heterocycles. The summed E-state index contributed by atoms with van der Waals surface area (Å²) in [5, 5.41) is 0.916. The van der Waals surface area contributed by atoms with E-state index in [0.717, 1.165) is 35.9 Å². The Kier molecular flexibility index (Phi) is 3.95. The zero-order valence-electron chi connectivity index (χ0n) is 12.0. The molecular formula is C16H19FN2OS. The lowest BCUT2D eigenvalue weighted by molar-refractivity contribution is 0.0589. The lowest BCUT2D eigenvalue weighted by Gasteiger charge is -2.37. The summed E-state index contributed by atoms with van der Waals surface area (Å²) in [5.41, 5.74) is 6.03. The van der Waals surface area contributed by atoms with Gasteiger partial charge in [-0.25, -0.2) is 4.39 Å². The number of benzene rings is 1. The van der Waals surface area contributed by atoms with Crippen LogP contribution in [0, 0.1) is 5.82 Å². The molecule has 2 aromatic rings. The molecule has 1 saturated heterocycles. The highest BCUT2D eigenvalue weighted by molar-refractivity contribution is 7.20. The lowest BCUT2D eigenvalue weighted by atomic mass is 9.97. The molecule has 0 spiro atoms. The Balaban J connectivity index is 1.91. The van der Waals surface area contributed by atoms with E-state index in [1.165, 1.54) is 23.5 Å². The van der Waals surface area contributed by atoms with E-state index in [1.54, 1.807) is 6.07 Å². The first-order valence-electron chi connectivity index (χ1n) is 7.32. The number of hydrogen-bond acceptors (Lipinski definition) is 3. The van der Waals surface area contributed by atoms with Crippen LogP contribution >= 0.6 is 11.3 Å². The molecule has 1 aromatic carbocycles. The summed E-state index contributed by atoms with van der Waals surface area (Å²) in [5.74, 6) is -0.242. The summed E-state index contributed by atoms with van der Waals surface area (Å²) >= 11 is 1.35. The van der Waals surface area contributed by atoms with Crippen LogP contribution in [0.3, 0.4) is 0 Å². The van der Waals surface area contributed by atoms with Crippen LogP contribution in [-0.2, 0) is 0 Å². The Labute approximate surface area is 127 Å². The molecule has 1 aromatic heterocycles. The number of thiophene rings is 1. The number of carbonyl (C=O) groups excluding carboxylic acids is 1. The van der Waals surface area contributed by atoms with Crippen LogP contribution in [-0.4, -0.2) is 29.4 Å². The van der Waals surface area contributed by atoms with Crippen molar-refractivity contribution in [1.29, 1.82) is 0 Å². The summed E-state index contributed by atoms with van der Waals surface area (Å²) in [6.07, 6.45) is 3.10. The van der Waals surface area contributed by atoms with E-state index in [1.807, 2.05) is 17.9 Å². The van der Waals surface area contributed by atoms with Crippen LogP contribution in [0.2, 0.25) is 0 Å². The van der Waals surface area contributed by atoms with Gasteiger partial charge in [-0.15, -0.1) is 11.3 Å². The topological polar surface area (TPSA) is 46.3 Å². The summed E-state index contributed by atoms with van der Waals surface area (Å²) < 4.78 is 14.1. The van der Waals surface area contributed by atoms with Crippen LogP contribution in [0.5, 0.6) is 0 Å². The number of likely N-dealkylation sites (tertiary alicyclic amines) is 1. The van der Waals surface area contributed by atoms with Crippen molar-refractivity contribution in [2.45, 2.75) is 38.3 Å². The van der Waals surface area contributed by atoms with E-state index in [0.29, 0.717) is 4.88 Å². The number of halogens is 1. The standard InChI is InChI=1S/C16H19FN2OS/c1-10(18)13-4-2-3-7-19(13)16(20)15-8-11-5-6-12(17)9-14(11)21-15/h5-6,8-10,13H,2-4,7,18H2,1H3. The van der Waals surface area contributed by atoms with Crippen molar-refractivity contribution < 1.29 is 9.18 Å². The molecule has 0 radical (unpaired) electrons. The van der Waals surface area contributed by atoms with Crippen LogP contribution in [0.1, 0.15) is 35.9 Å². The predicted molar refractivity (Wildman–Crippen MR) is 84.1 cm³/mol. The number of fused-ring (bicyclic) bond motifs is 1. The largest absolute Gasteiger partial charge is 0.333 e. The molecule has 2 unspecified atom stereocenters. The van der Waals surface area contributed by atoms with E-state index in [4.69, 9.17) is 5.73 Å². The van der Waals surface area contributed by atoms with Gasteiger partial charge in [0.15, 0.2) is 0 Å². The molecular weight excluding hydrogens is 287 g/mol. The van der Waals surface area contributed by atoms with E-state index >= 15 is 0 Å². The fraction of sp³-hybridized carbons (Fsp3) is 0.438. The monoisotopic (exact) mass is 306 g/mol. The molecule has 112 valence electrons. The first kappa shape index (κ1) is 14.5. The van der Waals surface area contributed by atoms with Gasteiger partial charge in [0.05, 0.1) is 4.88 Å². The summed E-state index contributed by atoms with van der Waals surface area (Å²) in [7, 11) is 0. The average molecular weight is 306 g/mol. The van der Waals surface area contributed by atoms with Gasteiger partial charge < -0.3 is 10.6 Å². The van der Waals surface area contributed by atoms with Crippen molar-refractivity contribution in [3.63, 3.8) is 0 Å². The summed E-state index contributed by atoms with van der Waals surface area (Å²) in [6.45, 7) is 2.71. The number of hydrogen-bond donors (Lipinski definition) is 1. The Bertz CT molecular complexity index is 667. The molecule has 2 N–H and O–H groups in total. The average Bonchev–Trinajstić information content (AvgIpc) is 2.89. The fourth-order valence-electron chi connectivity index (χ4n) is 3.01. The molecule has 3 rings (SSSR count). The van der Waals surface area contributed by atoms with Crippen LogP contribution < -0.4 is 5.73 Å². The third kappa shape index (κ3) is 2.80. The minimum Gasteiger partial charge on any atom is -0.333 e. The quantitative estimate of drug-likeness (QED) is 0.924. The Hall–Kier alpha value is -1.46. The maximum Gasteiger partial charge on any atom is 0.264 e. The minimum absolute atomic E-state index is 0.0265. The maximum absolute atomic E-state index is 13.3. The van der Waals surface area contributed by atoms with Crippen molar-refractivity contribution in [3.8, 4) is 0 Å². The van der Waals surface area contributed by atoms with E-state index in [-0.39, 0.29) is 23.8 Å². The molecule has 3 nitrogen and oxygen atoms in total. The minimum atomic E-state index is -0.269. The van der Waals surface area contributed by atoms with Crippen LogP contribution in [0.15, 0.2) is 24.3 Å². The van der Waals surface area contributed by atoms with E-state index in [2.05, 4.69) is 0 Å². The smallest absolute Gasteiger partial charge is 0.264 e. The number of nitrogens with two attached hydrogens (primary N) is 1. The van der Waals surface area contributed by atoms with Gasteiger partial charge >= 0.3 is 0 Å². The van der Waals surface area contributed by atoms with Crippen LogP contribution in [0.25, 0.3) is 10.1 Å². The summed E-state index contributed by atoms with van der Waals surface area (Å²) in [4.78, 5) is 15.3. The highest BCUT2D eigenvalue weighted by Crippen LogP contribution is 2.29. The molecule has 1 fully saturated rings. The normalized spacial score (nSPS) is 20.7. The molecule has 2 atom stereocenters. The van der Waals surface area contributed by atoms with Gasteiger partial charge in [0, 0.05) is 23.3 Å². The van der Waals surface area contributed by atoms with Crippen molar-refractivity contribution in [2.24, 2.45) is 5.73 Å². The SMILES string of the molecule is CC(N)C1CCCCN1C(=O)c1cc2ccc(F)cc2s1. The molecule has 0 bridgehead atoms. The second-order valence-corrected chi connectivity index (χ2v) is 6.80. The molecule has 1 aliphatic rings. The number of carbonyl (C=O) groups is 1. The van der Waals surface area contributed by atoms with Gasteiger partial charge in [-0.05, 0) is 49.8 Å². The highest BCUT2D eigenvalue weighted by atomic mass is 32.1. The Morgan fingerprint density at radius 3 is 3.00 bits per heavy atom. The number of amides is 1. The highest BCUT2D eigenvalue weighted by Gasteiger charge is 2.30. The molecule has 1 aliphatic heterocycles.